The first-order chi connectivity index (χ1) is 9.87. The van der Waals surface area contributed by atoms with Crippen LogP contribution in [0.25, 0.3) is 0 Å². The summed E-state index contributed by atoms with van der Waals surface area (Å²) in [5.41, 5.74) is 5.77. The first-order valence-corrected chi connectivity index (χ1v) is 7.05. The molecule has 1 fully saturated rings. The van der Waals surface area contributed by atoms with Crippen LogP contribution in [-0.4, -0.2) is 53.8 Å². The number of piperazine rings is 1. The topological polar surface area (TPSA) is 58.3 Å². The molecule has 2 rings (SSSR count). The van der Waals surface area contributed by atoms with Crippen LogP contribution in [0, 0.1) is 0 Å². The molecule has 1 aromatic heterocycles. The second kappa shape index (κ2) is 6.46. The zero-order chi connectivity index (χ0) is 15.5. The van der Waals surface area contributed by atoms with Crippen LogP contribution < -0.4 is 10.6 Å². The summed E-state index contributed by atoms with van der Waals surface area (Å²) in [4.78, 5) is 12.0. The summed E-state index contributed by atoms with van der Waals surface area (Å²) in [5.74, 6) is 1.80. The van der Waals surface area contributed by atoms with Crippen molar-refractivity contribution >= 4 is 11.6 Å². The van der Waals surface area contributed by atoms with E-state index < -0.39 is 12.7 Å². The minimum Gasteiger partial charge on any atom is -0.384 e. The summed E-state index contributed by atoms with van der Waals surface area (Å²) in [6.07, 6.45) is -2.48. The summed E-state index contributed by atoms with van der Waals surface area (Å²) in [6.45, 7) is 2.94. The molecular formula is C13H20F3N5. The minimum absolute atomic E-state index is 0.368. The van der Waals surface area contributed by atoms with Crippen LogP contribution in [0.1, 0.15) is 19.2 Å². The van der Waals surface area contributed by atoms with Crippen LogP contribution in [0.15, 0.2) is 6.07 Å². The Balaban J connectivity index is 1.98. The van der Waals surface area contributed by atoms with Gasteiger partial charge in [0.05, 0.1) is 6.54 Å². The van der Waals surface area contributed by atoms with Crippen LogP contribution in [0.2, 0.25) is 0 Å². The molecule has 0 bridgehead atoms. The third-order valence-electron chi connectivity index (χ3n) is 3.35. The standard InChI is InChI=1S/C13H20F3N5/c1-2-3-11-18-10(17)8-12(19-11)21-6-4-20(5-7-21)9-13(14,15)16/h8H,2-7,9H2,1H3,(H2,17,18,19). The number of halogens is 3. The predicted octanol–water partition coefficient (Wildman–Crippen LogP) is 1.70. The summed E-state index contributed by atoms with van der Waals surface area (Å²) in [6, 6.07) is 1.68. The van der Waals surface area contributed by atoms with Gasteiger partial charge in [-0.1, -0.05) is 6.92 Å². The lowest BCUT2D eigenvalue weighted by Crippen LogP contribution is -2.49. The molecule has 0 saturated carbocycles. The summed E-state index contributed by atoms with van der Waals surface area (Å²) < 4.78 is 37.1. The second-order valence-corrected chi connectivity index (χ2v) is 5.20. The Hall–Kier alpha value is -1.57. The third kappa shape index (κ3) is 4.73. The molecular weight excluding hydrogens is 283 g/mol. The Kier molecular flexibility index (Phi) is 4.87. The van der Waals surface area contributed by atoms with Crippen LogP contribution in [0.3, 0.4) is 0 Å². The maximum Gasteiger partial charge on any atom is 0.401 e. The molecule has 0 atom stereocenters. The van der Waals surface area contributed by atoms with Gasteiger partial charge in [0.1, 0.15) is 17.5 Å². The second-order valence-electron chi connectivity index (χ2n) is 5.20. The molecule has 0 aromatic carbocycles. The van der Waals surface area contributed by atoms with Gasteiger partial charge in [-0.25, -0.2) is 9.97 Å². The Morgan fingerprint density at radius 1 is 1.19 bits per heavy atom. The number of rotatable bonds is 4. The molecule has 2 N–H and O–H groups in total. The Morgan fingerprint density at radius 2 is 1.86 bits per heavy atom. The van der Waals surface area contributed by atoms with Gasteiger partial charge < -0.3 is 10.6 Å². The van der Waals surface area contributed by atoms with Gasteiger partial charge >= 0.3 is 6.18 Å². The van der Waals surface area contributed by atoms with Gasteiger partial charge in [0.15, 0.2) is 0 Å². The average molecular weight is 303 g/mol. The highest BCUT2D eigenvalue weighted by molar-refractivity contribution is 5.47. The van der Waals surface area contributed by atoms with Crippen molar-refractivity contribution in [3.8, 4) is 0 Å². The largest absolute Gasteiger partial charge is 0.401 e. The summed E-state index contributed by atoms with van der Waals surface area (Å²) in [7, 11) is 0. The van der Waals surface area contributed by atoms with Gasteiger partial charge in [0.2, 0.25) is 0 Å². The molecule has 2 heterocycles. The van der Waals surface area contributed by atoms with E-state index in [0.717, 1.165) is 12.8 Å². The zero-order valence-electron chi connectivity index (χ0n) is 12.0. The van der Waals surface area contributed by atoms with E-state index in [1.165, 1.54) is 4.90 Å². The Morgan fingerprint density at radius 3 is 2.43 bits per heavy atom. The van der Waals surface area contributed by atoms with Crippen LogP contribution in [0.5, 0.6) is 0 Å². The van der Waals surface area contributed by atoms with E-state index >= 15 is 0 Å². The van der Waals surface area contributed by atoms with E-state index in [1.54, 1.807) is 6.07 Å². The van der Waals surface area contributed by atoms with Crippen molar-refractivity contribution in [1.82, 2.24) is 14.9 Å². The quantitative estimate of drug-likeness (QED) is 0.917. The van der Waals surface area contributed by atoms with E-state index in [1.807, 2.05) is 11.8 Å². The van der Waals surface area contributed by atoms with Gasteiger partial charge in [-0.3, -0.25) is 4.90 Å². The number of hydrogen-bond donors (Lipinski definition) is 1. The lowest BCUT2D eigenvalue weighted by molar-refractivity contribution is -0.146. The summed E-state index contributed by atoms with van der Waals surface area (Å²) in [5, 5.41) is 0. The highest BCUT2D eigenvalue weighted by atomic mass is 19.4. The Bertz CT molecular complexity index is 469. The lowest BCUT2D eigenvalue weighted by Gasteiger charge is -2.35. The molecule has 0 amide bonds. The molecule has 0 spiro atoms. The van der Waals surface area contributed by atoms with Gasteiger partial charge in [0.25, 0.3) is 0 Å². The van der Waals surface area contributed by atoms with Crippen LogP contribution in [-0.2, 0) is 6.42 Å². The number of aryl methyl sites for hydroxylation is 1. The van der Waals surface area contributed by atoms with Crippen molar-refractivity contribution < 1.29 is 13.2 Å². The smallest absolute Gasteiger partial charge is 0.384 e. The molecule has 21 heavy (non-hydrogen) atoms. The zero-order valence-corrected chi connectivity index (χ0v) is 12.0. The Labute approximate surface area is 122 Å². The number of nitrogens with two attached hydrogens (primary N) is 1. The summed E-state index contributed by atoms with van der Waals surface area (Å²) >= 11 is 0. The fraction of sp³-hybridized carbons (Fsp3) is 0.692. The monoisotopic (exact) mass is 303 g/mol. The van der Waals surface area contributed by atoms with E-state index in [2.05, 4.69) is 9.97 Å². The highest BCUT2D eigenvalue weighted by Crippen LogP contribution is 2.20. The van der Waals surface area contributed by atoms with Gasteiger partial charge in [-0.15, -0.1) is 0 Å². The molecule has 118 valence electrons. The van der Waals surface area contributed by atoms with E-state index in [0.29, 0.717) is 43.6 Å². The molecule has 0 aliphatic carbocycles. The van der Waals surface area contributed by atoms with E-state index in [9.17, 15) is 13.2 Å². The fourth-order valence-electron chi connectivity index (χ4n) is 2.39. The van der Waals surface area contributed by atoms with Crippen molar-refractivity contribution in [1.29, 1.82) is 0 Å². The number of hydrogen-bond acceptors (Lipinski definition) is 5. The van der Waals surface area contributed by atoms with Crippen molar-refractivity contribution in [2.24, 2.45) is 0 Å². The molecule has 0 unspecified atom stereocenters. The molecule has 1 aromatic rings. The fourth-order valence-corrected chi connectivity index (χ4v) is 2.39. The van der Waals surface area contributed by atoms with Crippen LogP contribution in [0.4, 0.5) is 24.8 Å². The highest BCUT2D eigenvalue weighted by Gasteiger charge is 2.32. The molecule has 1 aliphatic heterocycles. The van der Waals surface area contributed by atoms with Crippen molar-refractivity contribution in [3.63, 3.8) is 0 Å². The number of anilines is 2. The normalized spacial score (nSPS) is 17.2. The maximum atomic E-state index is 12.4. The lowest BCUT2D eigenvalue weighted by atomic mass is 10.3. The van der Waals surface area contributed by atoms with Crippen molar-refractivity contribution in [3.05, 3.63) is 11.9 Å². The molecule has 5 nitrogen and oxygen atoms in total. The van der Waals surface area contributed by atoms with Gasteiger partial charge in [-0.05, 0) is 6.42 Å². The number of aromatic nitrogens is 2. The molecule has 1 saturated heterocycles. The van der Waals surface area contributed by atoms with E-state index in [4.69, 9.17) is 5.73 Å². The average Bonchev–Trinajstić information content (AvgIpc) is 2.37. The van der Waals surface area contributed by atoms with Crippen molar-refractivity contribution in [2.75, 3.05) is 43.4 Å². The van der Waals surface area contributed by atoms with Crippen LogP contribution >= 0.6 is 0 Å². The third-order valence-corrected chi connectivity index (χ3v) is 3.35. The number of nitrogens with zero attached hydrogens (tertiary/aromatic N) is 4. The number of alkyl halides is 3. The molecule has 0 radical (unpaired) electrons. The van der Waals surface area contributed by atoms with Gasteiger partial charge in [-0.2, -0.15) is 13.2 Å². The SMILES string of the molecule is CCCc1nc(N)cc(N2CCN(CC(F)(F)F)CC2)n1. The maximum absolute atomic E-state index is 12.4. The molecule has 1 aliphatic rings. The van der Waals surface area contributed by atoms with Crippen molar-refractivity contribution in [2.45, 2.75) is 25.9 Å². The predicted molar refractivity (Wildman–Crippen MR) is 75.1 cm³/mol. The first-order valence-electron chi connectivity index (χ1n) is 7.05. The minimum atomic E-state index is -4.14. The van der Waals surface area contributed by atoms with Gasteiger partial charge in [0, 0.05) is 38.7 Å². The first kappa shape index (κ1) is 15.8. The molecule has 8 heteroatoms. The van der Waals surface area contributed by atoms with E-state index in [-0.39, 0.29) is 0 Å². The number of nitrogen functional groups attached to an aromatic ring is 1.